The summed E-state index contributed by atoms with van der Waals surface area (Å²) in [5, 5.41) is 2.26. The van der Waals surface area contributed by atoms with Crippen molar-refractivity contribution < 1.29 is 0 Å². The van der Waals surface area contributed by atoms with Gasteiger partial charge in [0.15, 0.2) is 0 Å². The molecular formula is C26H22N2. The summed E-state index contributed by atoms with van der Waals surface area (Å²) in [5.74, 6) is 0. The summed E-state index contributed by atoms with van der Waals surface area (Å²) in [4.78, 5) is 9.34. The minimum Gasteiger partial charge on any atom is -0.254 e. The summed E-state index contributed by atoms with van der Waals surface area (Å²) < 4.78 is 0. The van der Waals surface area contributed by atoms with E-state index in [1.165, 1.54) is 22.3 Å². The van der Waals surface area contributed by atoms with E-state index in [-0.39, 0.29) is 0 Å². The van der Waals surface area contributed by atoms with Crippen LogP contribution in [-0.4, -0.2) is 9.97 Å². The van der Waals surface area contributed by atoms with Crippen LogP contribution in [0.2, 0.25) is 0 Å². The highest BCUT2D eigenvalue weighted by Gasteiger charge is 2.11. The first-order chi connectivity index (χ1) is 13.9. The molecule has 0 saturated carbocycles. The molecule has 28 heavy (non-hydrogen) atoms. The molecule has 0 amide bonds. The number of fused-ring (bicyclic) bond motifs is 3. The molecule has 2 heterocycles. The van der Waals surface area contributed by atoms with Crippen LogP contribution in [-0.2, 0) is 0 Å². The Bertz CT molecular complexity index is 1110. The summed E-state index contributed by atoms with van der Waals surface area (Å²) in [6.07, 6.45) is 3.75. The fraction of sp³-hybridized carbons (Fsp3) is 0.0769. The SMILES string of the molecule is CC.c1ccc(-c2ccnc3c2ccc2c(-c4ccccc4)ccnc23)cc1. The van der Waals surface area contributed by atoms with E-state index in [4.69, 9.17) is 0 Å². The van der Waals surface area contributed by atoms with Crippen molar-refractivity contribution in [1.82, 2.24) is 9.97 Å². The zero-order chi connectivity index (χ0) is 19.3. The normalized spacial score (nSPS) is 10.5. The third-order valence-corrected chi connectivity index (χ3v) is 4.79. The summed E-state index contributed by atoms with van der Waals surface area (Å²) in [7, 11) is 0. The van der Waals surface area contributed by atoms with Gasteiger partial charge < -0.3 is 0 Å². The van der Waals surface area contributed by atoms with Gasteiger partial charge in [0.1, 0.15) is 0 Å². The Morgan fingerprint density at radius 3 is 1.25 bits per heavy atom. The molecule has 0 unspecified atom stereocenters. The minimum atomic E-state index is 0.946. The van der Waals surface area contributed by atoms with Gasteiger partial charge in [-0.2, -0.15) is 0 Å². The van der Waals surface area contributed by atoms with Crippen LogP contribution in [0.1, 0.15) is 13.8 Å². The van der Waals surface area contributed by atoms with Gasteiger partial charge in [-0.15, -0.1) is 0 Å². The molecular weight excluding hydrogens is 340 g/mol. The van der Waals surface area contributed by atoms with Gasteiger partial charge >= 0.3 is 0 Å². The van der Waals surface area contributed by atoms with E-state index in [0.717, 1.165) is 21.8 Å². The lowest BCUT2D eigenvalue weighted by molar-refractivity contribution is 1.37. The quantitative estimate of drug-likeness (QED) is 0.312. The van der Waals surface area contributed by atoms with E-state index in [1.807, 2.05) is 38.4 Å². The van der Waals surface area contributed by atoms with Crippen LogP contribution in [0.3, 0.4) is 0 Å². The fourth-order valence-corrected chi connectivity index (χ4v) is 3.57. The Morgan fingerprint density at radius 2 is 0.857 bits per heavy atom. The molecule has 0 atom stereocenters. The monoisotopic (exact) mass is 362 g/mol. The molecule has 0 bridgehead atoms. The first-order valence-electron chi connectivity index (χ1n) is 9.69. The predicted octanol–water partition coefficient (Wildman–Crippen LogP) is 7.14. The molecule has 2 heteroatoms. The average molecular weight is 362 g/mol. The zero-order valence-electron chi connectivity index (χ0n) is 16.1. The highest BCUT2D eigenvalue weighted by atomic mass is 14.7. The summed E-state index contributed by atoms with van der Waals surface area (Å²) in [6.45, 7) is 4.00. The van der Waals surface area contributed by atoms with Crippen LogP contribution >= 0.6 is 0 Å². The molecule has 0 aliphatic rings. The van der Waals surface area contributed by atoms with E-state index in [9.17, 15) is 0 Å². The maximum atomic E-state index is 4.67. The van der Waals surface area contributed by atoms with Gasteiger partial charge in [0, 0.05) is 23.2 Å². The van der Waals surface area contributed by atoms with Crippen molar-refractivity contribution in [3.8, 4) is 22.3 Å². The Kier molecular flexibility index (Phi) is 5.11. The van der Waals surface area contributed by atoms with Gasteiger partial charge in [-0.05, 0) is 34.4 Å². The number of pyridine rings is 2. The van der Waals surface area contributed by atoms with Crippen molar-refractivity contribution in [3.63, 3.8) is 0 Å². The van der Waals surface area contributed by atoms with Crippen molar-refractivity contribution >= 4 is 21.8 Å². The Morgan fingerprint density at radius 1 is 0.464 bits per heavy atom. The lowest BCUT2D eigenvalue weighted by Gasteiger charge is -2.11. The van der Waals surface area contributed by atoms with Crippen molar-refractivity contribution in [1.29, 1.82) is 0 Å². The molecule has 2 aromatic heterocycles. The Hall–Kier alpha value is -3.52. The van der Waals surface area contributed by atoms with Crippen LogP contribution in [0.15, 0.2) is 97.3 Å². The predicted molar refractivity (Wildman–Crippen MR) is 119 cm³/mol. The van der Waals surface area contributed by atoms with Crippen LogP contribution < -0.4 is 0 Å². The molecule has 0 aliphatic heterocycles. The fourth-order valence-electron chi connectivity index (χ4n) is 3.57. The molecule has 3 aromatic carbocycles. The molecule has 0 radical (unpaired) electrons. The highest BCUT2D eigenvalue weighted by Crippen LogP contribution is 2.34. The van der Waals surface area contributed by atoms with E-state index < -0.39 is 0 Å². The van der Waals surface area contributed by atoms with Gasteiger partial charge in [0.2, 0.25) is 0 Å². The number of aromatic nitrogens is 2. The van der Waals surface area contributed by atoms with Crippen molar-refractivity contribution in [3.05, 3.63) is 97.3 Å². The number of hydrogen-bond acceptors (Lipinski definition) is 2. The van der Waals surface area contributed by atoms with Crippen LogP contribution in [0.4, 0.5) is 0 Å². The third kappa shape index (κ3) is 3.14. The largest absolute Gasteiger partial charge is 0.254 e. The van der Waals surface area contributed by atoms with Crippen LogP contribution in [0, 0.1) is 0 Å². The van der Waals surface area contributed by atoms with E-state index >= 15 is 0 Å². The zero-order valence-corrected chi connectivity index (χ0v) is 16.1. The maximum Gasteiger partial charge on any atom is 0.0970 e. The standard InChI is InChI=1S/C24H16N2.C2H6/c1-3-7-17(8-4-1)19-13-15-25-23-21(19)11-12-22-20(14-16-26-24(22)23)18-9-5-2-6-10-18;1-2/h1-16H;1-2H3. The first-order valence-corrected chi connectivity index (χ1v) is 9.69. The van der Waals surface area contributed by atoms with Crippen molar-refractivity contribution in [2.24, 2.45) is 0 Å². The maximum absolute atomic E-state index is 4.67. The molecule has 0 N–H and O–H groups in total. The van der Waals surface area contributed by atoms with Gasteiger partial charge in [-0.3, -0.25) is 9.97 Å². The van der Waals surface area contributed by atoms with Crippen molar-refractivity contribution in [2.45, 2.75) is 13.8 Å². The third-order valence-electron chi connectivity index (χ3n) is 4.79. The second-order valence-corrected chi connectivity index (χ2v) is 6.31. The topological polar surface area (TPSA) is 25.8 Å². The van der Waals surface area contributed by atoms with E-state index in [2.05, 4.69) is 82.8 Å². The molecule has 0 saturated heterocycles. The van der Waals surface area contributed by atoms with Gasteiger partial charge in [0.25, 0.3) is 0 Å². The Balaban J connectivity index is 0.000000932. The molecule has 2 nitrogen and oxygen atoms in total. The average Bonchev–Trinajstić information content (AvgIpc) is 2.80. The summed E-state index contributed by atoms with van der Waals surface area (Å²) >= 11 is 0. The van der Waals surface area contributed by atoms with Gasteiger partial charge in [0.05, 0.1) is 11.0 Å². The van der Waals surface area contributed by atoms with Gasteiger partial charge in [-0.25, -0.2) is 0 Å². The molecule has 5 aromatic rings. The second kappa shape index (κ2) is 8.01. The number of benzene rings is 3. The lowest BCUT2D eigenvalue weighted by Crippen LogP contribution is -1.90. The van der Waals surface area contributed by atoms with E-state index in [1.54, 1.807) is 0 Å². The first kappa shape index (κ1) is 17.9. The van der Waals surface area contributed by atoms with Crippen LogP contribution in [0.5, 0.6) is 0 Å². The Labute approximate surface area is 165 Å². The molecule has 0 aliphatic carbocycles. The van der Waals surface area contributed by atoms with Gasteiger partial charge in [-0.1, -0.05) is 86.6 Å². The molecule has 136 valence electrons. The number of hydrogen-bond donors (Lipinski definition) is 0. The summed E-state index contributed by atoms with van der Waals surface area (Å²) in [6, 6.07) is 29.3. The molecule has 0 fully saturated rings. The smallest absolute Gasteiger partial charge is 0.0970 e. The minimum absolute atomic E-state index is 0.946. The molecule has 0 spiro atoms. The number of rotatable bonds is 2. The van der Waals surface area contributed by atoms with Crippen LogP contribution in [0.25, 0.3) is 44.1 Å². The lowest BCUT2D eigenvalue weighted by atomic mass is 9.97. The number of nitrogens with zero attached hydrogens (tertiary/aromatic N) is 2. The summed E-state index contributed by atoms with van der Waals surface area (Å²) in [5.41, 5.74) is 6.65. The van der Waals surface area contributed by atoms with E-state index in [0.29, 0.717) is 0 Å². The molecule has 5 rings (SSSR count). The second-order valence-electron chi connectivity index (χ2n) is 6.31. The highest BCUT2D eigenvalue weighted by molar-refractivity contribution is 6.11. The van der Waals surface area contributed by atoms with Crippen molar-refractivity contribution in [2.75, 3.05) is 0 Å².